The molecule has 4 nitrogen and oxygen atoms in total. The van der Waals surface area contributed by atoms with Gasteiger partial charge in [0.15, 0.2) is 17.5 Å². The molecule has 0 saturated carbocycles. The van der Waals surface area contributed by atoms with Gasteiger partial charge in [-0.3, -0.25) is 0 Å². The van der Waals surface area contributed by atoms with E-state index in [0.717, 1.165) is 68.0 Å². The quantitative estimate of drug-likeness (QED) is 0.169. The maximum Gasteiger partial charge on any atom is 0.164 e. The third-order valence-electron chi connectivity index (χ3n) is 11.7. The van der Waals surface area contributed by atoms with Crippen LogP contribution in [0.2, 0.25) is 0 Å². The molecule has 2 aromatic heterocycles. The van der Waals surface area contributed by atoms with Crippen LogP contribution in [0.5, 0.6) is 0 Å². The summed E-state index contributed by atoms with van der Waals surface area (Å²) in [5, 5.41) is 11.5. The first-order valence-electron chi connectivity index (χ1n) is 19.6. The van der Waals surface area contributed by atoms with Crippen molar-refractivity contribution < 1.29 is 4.42 Å². The Balaban J connectivity index is 1.14. The third-order valence-corrected chi connectivity index (χ3v) is 11.7. The van der Waals surface area contributed by atoms with Crippen LogP contribution in [-0.4, -0.2) is 15.0 Å². The van der Waals surface area contributed by atoms with Crippen molar-refractivity contribution in [3.8, 4) is 45.3 Å². The minimum absolute atomic E-state index is 0.608. The van der Waals surface area contributed by atoms with Crippen molar-refractivity contribution in [3.05, 3.63) is 181 Å². The Labute approximate surface area is 328 Å². The number of hydrogen-bond donors (Lipinski definition) is 0. The van der Waals surface area contributed by atoms with Crippen molar-refractivity contribution in [1.82, 2.24) is 15.0 Å². The average molecular weight is 728 g/mol. The highest BCUT2D eigenvalue weighted by atomic mass is 16.3. The summed E-state index contributed by atoms with van der Waals surface area (Å²) in [6.07, 6.45) is 6.54. The fourth-order valence-electron chi connectivity index (χ4n) is 8.97. The van der Waals surface area contributed by atoms with Gasteiger partial charge >= 0.3 is 0 Å². The summed E-state index contributed by atoms with van der Waals surface area (Å²) in [6, 6.07) is 58.1. The van der Waals surface area contributed by atoms with E-state index in [0.29, 0.717) is 17.5 Å². The van der Waals surface area contributed by atoms with E-state index in [1.807, 2.05) is 12.1 Å². The molecule has 0 bridgehead atoms. The number of allylic oxidation sites excluding steroid dienone is 1. The molecule has 0 fully saturated rings. The lowest BCUT2D eigenvalue weighted by Gasteiger charge is -2.17. The predicted molar refractivity (Wildman–Crippen MR) is 236 cm³/mol. The molecule has 2 heterocycles. The normalized spacial score (nSPS) is 12.7. The van der Waals surface area contributed by atoms with Crippen LogP contribution in [0, 0.1) is 0 Å². The molecule has 0 aliphatic heterocycles. The zero-order valence-electron chi connectivity index (χ0n) is 30.9. The van der Waals surface area contributed by atoms with Crippen molar-refractivity contribution >= 4 is 71.1 Å². The molecule has 0 radical (unpaired) electrons. The molecular formula is C53H33N3O. The smallest absolute Gasteiger partial charge is 0.164 e. The molecule has 0 saturated heterocycles. The van der Waals surface area contributed by atoms with Crippen molar-refractivity contribution in [2.45, 2.75) is 12.8 Å². The summed E-state index contributed by atoms with van der Waals surface area (Å²) < 4.78 is 6.77. The van der Waals surface area contributed by atoms with Crippen molar-refractivity contribution in [3.63, 3.8) is 0 Å². The van der Waals surface area contributed by atoms with Gasteiger partial charge in [0, 0.05) is 33.0 Å². The summed E-state index contributed by atoms with van der Waals surface area (Å²) in [4.78, 5) is 16.1. The highest BCUT2D eigenvalue weighted by molar-refractivity contribution is 6.16. The topological polar surface area (TPSA) is 51.8 Å². The number of furan rings is 1. The molecule has 9 aromatic carbocycles. The number of aryl methyl sites for hydroxylation is 1. The van der Waals surface area contributed by atoms with Gasteiger partial charge in [0.05, 0.1) is 0 Å². The van der Waals surface area contributed by atoms with Crippen molar-refractivity contribution in [2.75, 3.05) is 0 Å². The lowest BCUT2D eigenvalue weighted by Crippen LogP contribution is -2.03. The fourth-order valence-corrected chi connectivity index (χ4v) is 8.97. The molecule has 0 atom stereocenters. The second kappa shape index (κ2) is 12.6. The number of para-hydroxylation sites is 1. The van der Waals surface area contributed by atoms with Crippen LogP contribution in [-0.2, 0) is 6.42 Å². The molecule has 57 heavy (non-hydrogen) atoms. The number of fused-ring (bicyclic) bond motifs is 10. The molecule has 4 heteroatoms. The largest absolute Gasteiger partial charge is 0.455 e. The van der Waals surface area contributed by atoms with Gasteiger partial charge in [-0.1, -0.05) is 140 Å². The second-order valence-corrected chi connectivity index (χ2v) is 15.0. The van der Waals surface area contributed by atoms with Crippen LogP contribution in [0.25, 0.3) is 116 Å². The molecule has 0 N–H and O–H groups in total. The molecule has 12 rings (SSSR count). The monoisotopic (exact) mass is 727 g/mol. The second-order valence-electron chi connectivity index (χ2n) is 15.0. The van der Waals surface area contributed by atoms with E-state index in [-0.39, 0.29) is 0 Å². The lowest BCUT2D eigenvalue weighted by atomic mass is 9.89. The number of rotatable bonds is 4. The molecule has 1 aliphatic rings. The van der Waals surface area contributed by atoms with Gasteiger partial charge in [-0.25, -0.2) is 15.0 Å². The summed E-state index contributed by atoms with van der Waals surface area (Å²) in [7, 11) is 0. The first kappa shape index (κ1) is 31.9. The highest BCUT2D eigenvalue weighted by Gasteiger charge is 2.23. The molecule has 11 aromatic rings. The van der Waals surface area contributed by atoms with E-state index in [4.69, 9.17) is 19.4 Å². The Morgan fingerprint density at radius 2 is 1.05 bits per heavy atom. The maximum atomic E-state index is 6.77. The Morgan fingerprint density at radius 1 is 0.421 bits per heavy atom. The standard InChI is InChI=1S/C53H33N3O/c1-2-13-35-29-37(25-21-32(35)11-1)41-27-28-45(49-44-19-9-10-20-48(44)57-50(41)49)52-54-51(38-26-24-34-23-22-33-12-3-5-15-39(33)46(34)31-38)55-53(56-52)47-30-36-14-4-6-16-40(36)42-17-7-8-18-43(42)47/h1-3,5-13,15-31H,4,14H2. The average Bonchev–Trinajstić information content (AvgIpc) is 3.68. The minimum Gasteiger partial charge on any atom is -0.455 e. The van der Waals surface area contributed by atoms with Gasteiger partial charge < -0.3 is 4.42 Å². The molecular weight excluding hydrogens is 695 g/mol. The van der Waals surface area contributed by atoms with E-state index >= 15 is 0 Å². The molecule has 0 unspecified atom stereocenters. The van der Waals surface area contributed by atoms with Crippen LogP contribution in [0.15, 0.2) is 174 Å². The van der Waals surface area contributed by atoms with Gasteiger partial charge in [-0.05, 0) is 109 Å². The number of hydrogen-bond acceptors (Lipinski definition) is 4. The van der Waals surface area contributed by atoms with E-state index in [1.165, 1.54) is 48.8 Å². The summed E-state index contributed by atoms with van der Waals surface area (Å²) in [6.45, 7) is 0. The SMILES string of the molecule is C1=Cc2c(cc(-c3nc(-c4ccc5ccc6ccccc6c5c4)nc(-c4ccc(-c5ccc6ccccc6c5)c5oc6ccccc6c45)n3)c3ccccc23)CC1. The summed E-state index contributed by atoms with van der Waals surface area (Å²) in [5.41, 5.74) is 9.22. The third kappa shape index (κ3) is 5.11. The first-order chi connectivity index (χ1) is 28.2. The number of benzene rings is 9. The number of nitrogens with zero attached hydrogens (tertiary/aromatic N) is 3. The molecule has 1 aliphatic carbocycles. The van der Waals surface area contributed by atoms with Crippen LogP contribution < -0.4 is 0 Å². The molecule has 0 amide bonds. The Kier molecular flexibility index (Phi) is 7.02. The summed E-state index contributed by atoms with van der Waals surface area (Å²) in [5.74, 6) is 1.89. The van der Waals surface area contributed by atoms with Crippen molar-refractivity contribution in [1.29, 1.82) is 0 Å². The Morgan fingerprint density at radius 3 is 1.93 bits per heavy atom. The molecule has 0 spiro atoms. The lowest BCUT2D eigenvalue weighted by molar-refractivity contribution is 0.670. The predicted octanol–water partition coefficient (Wildman–Crippen LogP) is 14.0. The zero-order chi connectivity index (χ0) is 37.5. The van der Waals surface area contributed by atoms with E-state index in [1.54, 1.807) is 0 Å². The fraction of sp³-hybridized carbons (Fsp3) is 0.0377. The van der Waals surface area contributed by atoms with Crippen LogP contribution in [0.3, 0.4) is 0 Å². The number of aromatic nitrogens is 3. The Hall–Kier alpha value is -7.43. The van der Waals surface area contributed by atoms with Gasteiger partial charge in [0.2, 0.25) is 0 Å². The highest BCUT2D eigenvalue weighted by Crippen LogP contribution is 2.43. The first-order valence-corrected chi connectivity index (χ1v) is 19.6. The summed E-state index contributed by atoms with van der Waals surface area (Å²) >= 11 is 0. The van der Waals surface area contributed by atoms with Crippen LogP contribution >= 0.6 is 0 Å². The van der Waals surface area contributed by atoms with Gasteiger partial charge in [-0.2, -0.15) is 0 Å². The van der Waals surface area contributed by atoms with Crippen molar-refractivity contribution in [2.24, 2.45) is 0 Å². The zero-order valence-corrected chi connectivity index (χ0v) is 30.9. The van der Waals surface area contributed by atoms with E-state index < -0.39 is 0 Å². The van der Waals surface area contributed by atoms with Gasteiger partial charge in [-0.15, -0.1) is 0 Å². The van der Waals surface area contributed by atoms with E-state index in [2.05, 4.69) is 164 Å². The van der Waals surface area contributed by atoms with E-state index in [9.17, 15) is 0 Å². The van der Waals surface area contributed by atoms with Crippen LogP contribution in [0.1, 0.15) is 17.5 Å². The molecule has 266 valence electrons. The Bertz CT molecular complexity index is 3480. The van der Waals surface area contributed by atoms with Crippen LogP contribution in [0.4, 0.5) is 0 Å². The van der Waals surface area contributed by atoms with Gasteiger partial charge in [0.25, 0.3) is 0 Å². The maximum absolute atomic E-state index is 6.77. The van der Waals surface area contributed by atoms with Gasteiger partial charge in [0.1, 0.15) is 11.2 Å². The minimum atomic E-state index is 0.608.